The van der Waals surface area contributed by atoms with Crippen molar-refractivity contribution in [3.05, 3.63) is 35.4 Å². The third kappa shape index (κ3) is 5.03. The number of thioether (sulfide) groups is 1. The van der Waals surface area contributed by atoms with Crippen LogP contribution >= 0.6 is 11.8 Å². The standard InChI is InChI=1S/C18H28N2OS/c1-4-17(11-15-7-5-14(2)6-8-15)20(3)18(21)12-16-13-22-10-9-19-16/h5-8,16-17,19H,4,9-13H2,1-3H3. The molecule has 1 aromatic rings. The molecule has 122 valence electrons. The molecule has 0 aliphatic carbocycles. The lowest BCUT2D eigenvalue weighted by Crippen LogP contribution is -2.44. The summed E-state index contributed by atoms with van der Waals surface area (Å²) >= 11 is 1.94. The fourth-order valence-corrected chi connectivity index (χ4v) is 3.81. The van der Waals surface area contributed by atoms with Crippen molar-refractivity contribution < 1.29 is 4.79 Å². The maximum Gasteiger partial charge on any atom is 0.224 e. The van der Waals surface area contributed by atoms with Gasteiger partial charge in [-0.1, -0.05) is 36.8 Å². The summed E-state index contributed by atoms with van der Waals surface area (Å²) < 4.78 is 0. The van der Waals surface area contributed by atoms with Gasteiger partial charge in [0.1, 0.15) is 0 Å². The molecule has 1 fully saturated rings. The smallest absolute Gasteiger partial charge is 0.224 e. The van der Waals surface area contributed by atoms with E-state index in [0.717, 1.165) is 30.9 Å². The Morgan fingerprint density at radius 1 is 1.41 bits per heavy atom. The van der Waals surface area contributed by atoms with Crippen LogP contribution < -0.4 is 5.32 Å². The van der Waals surface area contributed by atoms with E-state index >= 15 is 0 Å². The lowest BCUT2D eigenvalue weighted by atomic mass is 10.0. The molecule has 4 heteroatoms. The van der Waals surface area contributed by atoms with Gasteiger partial charge >= 0.3 is 0 Å². The Bertz CT molecular complexity index is 468. The summed E-state index contributed by atoms with van der Waals surface area (Å²) in [5, 5.41) is 3.45. The van der Waals surface area contributed by atoms with Crippen LogP contribution in [0.5, 0.6) is 0 Å². The molecule has 0 bridgehead atoms. The van der Waals surface area contributed by atoms with Gasteiger partial charge in [0.05, 0.1) is 0 Å². The number of amides is 1. The molecule has 3 nitrogen and oxygen atoms in total. The topological polar surface area (TPSA) is 32.3 Å². The van der Waals surface area contributed by atoms with E-state index in [-0.39, 0.29) is 11.9 Å². The van der Waals surface area contributed by atoms with Crippen molar-refractivity contribution in [2.75, 3.05) is 25.1 Å². The number of aryl methyl sites for hydroxylation is 1. The quantitative estimate of drug-likeness (QED) is 0.875. The minimum atomic E-state index is 0.263. The maximum atomic E-state index is 12.5. The Kier molecular flexibility index (Phi) is 6.77. The predicted octanol–water partition coefficient (Wildman–Crippen LogP) is 2.87. The second-order valence-corrected chi connectivity index (χ2v) is 7.34. The van der Waals surface area contributed by atoms with E-state index in [9.17, 15) is 4.79 Å². The molecule has 0 aromatic heterocycles. The van der Waals surface area contributed by atoms with Crippen molar-refractivity contribution in [3.8, 4) is 0 Å². The Morgan fingerprint density at radius 3 is 2.73 bits per heavy atom. The monoisotopic (exact) mass is 320 g/mol. The molecule has 2 rings (SSSR count). The van der Waals surface area contributed by atoms with Crippen molar-refractivity contribution in [1.29, 1.82) is 0 Å². The van der Waals surface area contributed by atoms with Crippen molar-refractivity contribution in [2.24, 2.45) is 0 Å². The van der Waals surface area contributed by atoms with E-state index in [1.807, 2.05) is 23.7 Å². The first kappa shape index (κ1) is 17.4. The Hall–Kier alpha value is -1.000. The molecule has 1 aliphatic rings. The van der Waals surface area contributed by atoms with E-state index in [1.165, 1.54) is 11.1 Å². The van der Waals surface area contributed by atoms with Gasteiger partial charge in [-0.15, -0.1) is 0 Å². The van der Waals surface area contributed by atoms with Crippen LogP contribution in [-0.4, -0.2) is 48.0 Å². The lowest BCUT2D eigenvalue weighted by Gasteiger charge is -2.30. The maximum absolute atomic E-state index is 12.5. The molecule has 1 aromatic carbocycles. The average molecular weight is 321 g/mol. The van der Waals surface area contributed by atoms with Crippen LogP contribution in [0, 0.1) is 6.92 Å². The molecule has 22 heavy (non-hydrogen) atoms. The number of carbonyl (C=O) groups excluding carboxylic acids is 1. The number of benzene rings is 1. The van der Waals surface area contributed by atoms with E-state index in [0.29, 0.717) is 12.5 Å². The van der Waals surface area contributed by atoms with Gasteiger partial charge in [-0.3, -0.25) is 4.79 Å². The lowest BCUT2D eigenvalue weighted by molar-refractivity contribution is -0.132. The van der Waals surface area contributed by atoms with E-state index < -0.39 is 0 Å². The highest BCUT2D eigenvalue weighted by Crippen LogP contribution is 2.16. The SMILES string of the molecule is CCC(Cc1ccc(C)cc1)N(C)C(=O)CC1CSCCN1. The number of rotatable bonds is 6. The van der Waals surface area contributed by atoms with Gasteiger partial charge in [-0.25, -0.2) is 0 Å². The van der Waals surface area contributed by atoms with Crippen molar-refractivity contribution >= 4 is 17.7 Å². The minimum Gasteiger partial charge on any atom is -0.342 e. The second-order valence-electron chi connectivity index (χ2n) is 6.19. The summed E-state index contributed by atoms with van der Waals surface area (Å²) in [6.45, 7) is 5.29. The van der Waals surface area contributed by atoms with Crippen LogP contribution in [0.4, 0.5) is 0 Å². The number of nitrogens with zero attached hydrogens (tertiary/aromatic N) is 1. The number of likely N-dealkylation sites (N-methyl/N-ethyl adjacent to an activating group) is 1. The van der Waals surface area contributed by atoms with Gasteiger partial charge in [-0.05, 0) is 25.3 Å². The molecule has 2 unspecified atom stereocenters. The summed E-state index contributed by atoms with van der Waals surface area (Å²) in [5.74, 6) is 2.47. The molecule has 2 atom stereocenters. The van der Waals surface area contributed by atoms with Gasteiger partial charge in [-0.2, -0.15) is 11.8 Å². The zero-order valence-electron chi connectivity index (χ0n) is 14.0. The summed E-state index contributed by atoms with van der Waals surface area (Å²) in [6, 6.07) is 9.27. The highest BCUT2D eigenvalue weighted by Gasteiger charge is 2.23. The molecular weight excluding hydrogens is 292 g/mol. The van der Waals surface area contributed by atoms with Gasteiger partial charge in [0.2, 0.25) is 5.91 Å². The molecule has 1 N–H and O–H groups in total. The minimum absolute atomic E-state index is 0.263. The van der Waals surface area contributed by atoms with Crippen LogP contribution in [0.1, 0.15) is 30.9 Å². The van der Waals surface area contributed by atoms with Gasteiger partial charge in [0, 0.05) is 43.6 Å². The Labute approximate surface area is 138 Å². The van der Waals surface area contributed by atoms with Crippen LogP contribution in [0.15, 0.2) is 24.3 Å². The summed E-state index contributed by atoms with van der Waals surface area (Å²) in [4.78, 5) is 14.5. The first-order chi connectivity index (χ1) is 10.6. The third-order valence-corrected chi connectivity index (χ3v) is 5.55. The Balaban J connectivity index is 1.90. The molecule has 1 heterocycles. The number of nitrogens with one attached hydrogen (secondary N) is 1. The van der Waals surface area contributed by atoms with Crippen molar-refractivity contribution in [1.82, 2.24) is 10.2 Å². The molecule has 1 amide bonds. The first-order valence-electron chi connectivity index (χ1n) is 8.22. The predicted molar refractivity (Wildman–Crippen MR) is 95.5 cm³/mol. The van der Waals surface area contributed by atoms with Crippen LogP contribution in [-0.2, 0) is 11.2 Å². The van der Waals surface area contributed by atoms with E-state index in [2.05, 4.69) is 43.4 Å². The average Bonchev–Trinajstić information content (AvgIpc) is 2.54. The van der Waals surface area contributed by atoms with Crippen molar-refractivity contribution in [3.63, 3.8) is 0 Å². The second kappa shape index (κ2) is 8.59. The summed E-state index contributed by atoms with van der Waals surface area (Å²) in [5.41, 5.74) is 2.59. The number of carbonyl (C=O) groups is 1. The van der Waals surface area contributed by atoms with Crippen LogP contribution in [0.25, 0.3) is 0 Å². The zero-order chi connectivity index (χ0) is 15.9. The molecule has 0 radical (unpaired) electrons. The van der Waals surface area contributed by atoms with Crippen LogP contribution in [0.3, 0.4) is 0 Å². The number of hydrogen-bond acceptors (Lipinski definition) is 3. The normalized spacial score (nSPS) is 19.7. The zero-order valence-corrected chi connectivity index (χ0v) is 14.8. The summed E-state index contributed by atoms with van der Waals surface area (Å²) in [7, 11) is 1.96. The molecular formula is C18H28N2OS. The van der Waals surface area contributed by atoms with Gasteiger partial charge < -0.3 is 10.2 Å². The number of hydrogen-bond donors (Lipinski definition) is 1. The Morgan fingerprint density at radius 2 is 2.14 bits per heavy atom. The van der Waals surface area contributed by atoms with E-state index in [1.54, 1.807) is 0 Å². The summed E-state index contributed by atoms with van der Waals surface area (Å²) in [6.07, 6.45) is 2.54. The first-order valence-corrected chi connectivity index (χ1v) is 9.38. The fraction of sp³-hybridized carbons (Fsp3) is 0.611. The van der Waals surface area contributed by atoms with Gasteiger partial charge in [0.25, 0.3) is 0 Å². The molecule has 0 spiro atoms. The largest absolute Gasteiger partial charge is 0.342 e. The molecule has 1 saturated heterocycles. The van der Waals surface area contributed by atoms with E-state index in [4.69, 9.17) is 0 Å². The molecule has 0 saturated carbocycles. The highest BCUT2D eigenvalue weighted by atomic mass is 32.2. The molecule has 1 aliphatic heterocycles. The highest BCUT2D eigenvalue weighted by molar-refractivity contribution is 7.99. The van der Waals surface area contributed by atoms with Crippen LogP contribution in [0.2, 0.25) is 0 Å². The third-order valence-electron chi connectivity index (χ3n) is 4.42. The fourth-order valence-electron chi connectivity index (χ4n) is 2.86. The van der Waals surface area contributed by atoms with Crippen molar-refractivity contribution in [2.45, 2.75) is 45.2 Å². The van der Waals surface area contributed by atoms with Gasteiger partial charge in [0.15, 0.2) is 0 Å².